The SMILES string of the molecule is Brc1cnc(CNC2CCN3CCCC3C2)c(Br)c1. The third-order valence-electron chi connectivity index (χ3n) is 4.26. The van der Waals surface area contributed by atoms with E-state index in [9.17, 15) is 0 Å². The smallest absolute Gasteiger partial charge is 0.0684 e. The molecule has 3 heterocycles. The minimum absolute atomic E-state index is 0.650. The molecule has 19 heavy (non-hydrogen) atoms. The Labute approximate surface area is 131 Å². The number of halogens is 2. The Morgan fingerprint density at radius 1 is 1.32 bits per heavy atom. The second-order valence-corrected chi connectivity index (χ2v) is 7.29. The highest BCUT2D eigenvalue weighted by molar-refractivity contribution is 9.11. The van der Waals surface area contributed by atoms with E-state index in [4.69, 9.17) is 0 Å². The zero-order valence-electron chi connectivity index (χ0n) is 10.9. The average molecular weight is 389 g/mol. The molecule has 1 aromatic heterocycles. The lowest BCUT2D eigenvalue weighted by Crippen LogP contribution is -2.45. The van der Waals surface area contributed by atoms with Crippen molar-refractivity contribution < 1.29 is 0 Å². The molecule has 0 bridgehead atoms. The highest BCUT2D eigenvalue weighted by Gasteiger charge is 2.31. The Balaban J connectivity index is 1.54. The number of nitrogens with one attached hydrogen (secondary N) is 1. The number of fused-ring (bicyclic) bond motifs is 1. The van der Waals surface area contributed by atoms with Gasteiger partial charge in [0.2, 0.25) is 0 Å². The maximum absolute atomic E-state index is 4.46. The zero-order valence-corrected chi connectivity index (χ0v) is 14.1. The minimum Gasteiger partial charge on any atom is -0.308 e. The molecule has 0 aliphatic carbocycles. The van der Waals surface area contributed by atoms with Gasteiger partial charge in [0.15, 0.2) is 0 Å². The van der Waals surface area contributed by atoms with Crippen molar-refractivity contribution in [1.29, 1.82) is 0 Å². The van der Waals surface area contributed by atoms with Crippen molar-refractivity contribution >= 4 is 31.9 Å². The van der Waals surface area contributed by atoms with Crippen LogP contribution < -0.4 is 5.32 Å². The lowest BCUT2D eigenvalue weighted by Gasteiger charge is -2.35. The quantitative estimate of drug-likeness (QED) is 0.860. The van der Waals surface area contributed by atoms with Gasteiger partial charge < -0.3 is 10.2 Å². The van der Waals surface area contributed by atoms with Crippen LogP contribution in [-0.2, 0) is 6.54 Å². The van der Waals surface area contributed by atoms with E-state index in [-0.39, 0.29) is 0 Å². The fourth-order valence-electron chi connectivity index (χ4n) is 3.22. The van der Waals surface area contributed by atoms with Crippen LogP contribution in [0.4, 0.5) is 0 Å². The summed E-state index contributed by atoms with van der Waals surface area (Å²) in [5.74, 6) is 0. The van der Waals surface area contributed by atoms with Gasteiger partial charge in [-0.3, -0.25) is 4.98 Å². The molecule has 0 radical (unpaired) electrons. The van der Waals surface area contributed by atoms with Gasteiger partial charge in [-0.25, -0.2) is 0 Å². The third kappa shape index (κ3) is 3.38. The molecule has 5 heteroatoms. The number of aromatic nitrogens is 1. The van der Waals surface area contributed by atoms with Gasteiger partial charge in [0.05, 0.1) is 5.69 Å². The van der Waals surface area contributed by atoms with Gasteiger partial charge in [0.1, 0.15) is 0 Å². The van der Waals surface area contributed by atoms with Crippen molar-refractivity contribution in [3.8, 4) is 0 Å². The molecule has 104 valence electrons. The first-order chi connectivity index (χ1) is 9.22. The molecule has 1 aromatic rings. The molecule has 2 aliphatic rings. The zero-order chi connectivity index (χ0) is 13.2. The monoisotopic (exact) mass is 387 g/mol. The second-order valence-electron chi connectivity index (χ2n) is 5.52. The van der Waals surface area contributed by atoms with Gasteiger partial charge >= 0.3 is 0 Å². The highest BCUT2D eigenvalue weighted by atomic mass is 79.9. The average Bonchev–Trinajstić information content (AvgIpc) is 2.85. The molecule has 2 unspecified atom stereocenters. The van der Waals surface area contributed by atoms with Crippen molar-refractivity contribution in [2.24, 2.45) is 0 Å². The normalized spacial score (nSPS) is 27.5. The van der Waals surface area contributed by atoms with Gasteiger partial charge in [-0.2, -0.15) is 0 Å². The van der Waals surface area contributed by atoms with Crippen molar-refractivity contribution in [1.82, 2.24) is 15.2 Å². The summed E-state index contributed by atoms with van der Waals surface area (Å²) in [4.78, 5) is 7.12. The van der Waals surface area contributed by atoms with Gasteiger partial charge in [-0.1, -0.05) is 0 Å². The van der Waals surface area contributed by atoms with Gasteiger partial charge in [0.25, 0.3) is 0 Å². The molecule has 0 spiro atoms. The van der Waals surface area contributed by atoms with E-state index in [1.54, 1.807) is 0 Å². The predicted octanol–water partition coefficient (Wildman–Crippen LogP) is 3.32. The third-order valence-corrected chi connectivity index (χ3v) is 5.38. The van der Waals surface area contributed by atoms with Gasteiger partial charge in [-0.15, -0.1) is 0 Å². The maximum atomic E-state index is 4.46. The van der Waals surface area contributed by atoms with Crippen LogP contribution in [-0.4, -0.2) is 35.1 Å². The van der Waals surface area contributed by atoms with E-state index in [1.165, 1.54) is 38.8 Å². The Morgan fingerprint density at radius 2 is 2.21 bits per heavy atom. The molecular formula is C14H19Br2N3. The molecule has 0 aromatic carbocycles. The molecule has 2 fully saturated rings. The molecule has 2 atom stereocenters. The minimum atomic E-state index is 0.650. The Bertz CT molecular complexity index is 452. The first kappa shape index (κ1) is 14.0. The maximum Gasteiger partial charge on any atom is 0.0684 e. The number of rotatable bonds is 3. The molecule has 1 N–H and O–H groups in total. The molecule has 0 amide bonds. The summed E-state index contributed by atoms with van der Waals surface area (Å²) in [6.45, 7) is 3.43. The summed E-state index contributed by atoms with van der Waals surface area (Å²) in [7, 11) is 0. The summed E-state index contributed by atoms with van der Waals surface area (Å²) in [6, 6.07) is 3.54. The molecular weight excluding hydrogens is 370 g/mol. The van der Waals surface area contributed by atoms with Crippen LogP contribution in [0.25, 0.3) is 0 Å². The number of nitrogens with zero attached hydrogens (tertiary/aromatic N) is 2. The predicted molar refractivity (Wildman–Crippen MR) is 84.1 cm³/mol. The number of pyridine rings is 1. The van der Waals surface area contributed by atoms with Crippen molar-refractivity contribution in [3.05, 3.63) is 26.9 Å². The van der Waals surface area contributed by atoms with Crippen LogP contribution in [0.15, 0.2) is 21.2 Å². The van der Waals surface area contributed by atoms with Crippen LogP contribution >= 0.6 is 31.9 Å². The fraction of sp³-hybridized carbons (Fsp3) is 0.643. The molecule has 2 aliphatic heterocycles. The summed E-state index contributed by atoms with van der Waals surface area (Å²) >= 11 is 7.01. The molecule has 0 saturated carbocycles. The largest absolute Gasteiger partial charge is 0.308 e. The standard InChI is InChI=1S/C14H19Br2N3/c15-10-6-13(16)14(18-8-10)9-17-11-3-5-19-4-1-2-12(19)7-11/h6,8,11-12,17H,1-5,7,9H2. The molecule has 3 nitrogen and oxygen atoms in total. The molecule has 3 rings (SSSR count). The number of piperidine rings is 1. The Kier molecular flexibility index (Phi) is 4.57. The summed E-state index contributed by atoms with van der Waals surface area (Å²) in [5.41, 5.74) is 1.09. The van der Waals surface area contributed by atoms with E-state index < -0.39 is 0 Å². The van der Waals surface area contributed by atoms with Crippen molar-refractivity contribution in [3.63, 3.8) is 0 Å². The Morgan fingerprint density at radius 3 is 3.05 bits per heavy atom. The van der Waals surface area contributed by atoms with Crippen LogP contribution in [0.1, 0.15) is 31.4 Å². The van der Waals surface area contributed by atoms with E-state index >= 15 is 0 Å². The highest BCUT2D eigenvalue weighted by Crippen LogP contribution is 2.27. The lowest BCUT2D eigenvalue weighted by atomic mass is 9.97. The van der Waals surface area contributed by atoms with Crippen molar-refractivity contribution in [2.75, 3.05) is 13.1 Å². The number of hydrogen-bond donors (Lipinski definition) is 1. The van der Waals surface area contributed by atoms with Crippen LogP contribution in [0.5, 0.6) is 0 Å². The van der Waals surface area contributed by atoms with Crippen molar-refractivity contribution in [2.45, 2.75) is 44.3 Å². The molecule has 2 saturated heterocycles. The van der Waals surface area contributed by atoms with Crippen LogP contribution in [0.3, 0.4) is 0 Å². The lowest BCUT2D eigenvalue weighted by molar-refractivity contribution is 0.166. The van der Waals surface area contributed by atoms with Crippen LogP contribution in [0, 0.1) is 0 Å². The second kappa shape index (κ2) is 6.20. The Hall–Kier alpha value is 0.0300. The summed E-state index contributed by atoms with van der Waals surface area (Å²) < 4.78 is 2.09. The first-order valence-corrected chi connectivity index (χ1v) is 8.58. The van der Waals surface area contributed by atoms with Gasteiger partial charge in [-0.05, 0) is 76.7 Å². The van der Waals surface area contributed by atoms with E-state index in [0.29, 0.717) is 6.04 Å². The van der Waals surface area contributed by atoms with Gasteiger partial charge in [0, 0.05) is 33.8 Å². The van der Waals surface area contributed by atoms with E-state index in [2.05, 4.69) is 53.1 Å². The fourth-order valence-corrected chi connectivity index (χ4v) is 4.35. The van der Waals surface area contributed by atoms with E-state index in [0.717, 1.165) is 27.2 Å². The number of hydrogen-bond acceptors (Lipinski definition) is 3. The van der Waals surface area contributed by atoms with E-state index in [1.807, 2.05) is 6.20 Å². The first-order valence-electron chi connectivity index (χ1n) is 7.00. The summed E-state index contributed by atoms with van der Waals surface area (Å²) in [5, 5.41) is 3.68. The topological polar surface area (TPSA) is 28.2 Å². The van der Waals surface area contributed by atoms with Crippen LogP contribution in [0.2, 0.25) is 0 Å². The summed E-state index contributed by atoms with van der Waals surface area (Å²) in [6.07, 6.45) is 7.20.